The fourth-order valence-corrected chi connectivity index (χ4v) is 3.68. The van der Waals surface area contributed by atoms with E-state index in [9.17, 15) is 9.59 Å². The molecule has 1 aliphatic carbocycles. The number of hydrogen-bond acceptors (Lipinski definition) is 5. The normalized spacial score (nSPS) is 13.2. The number of hydrogen-bond donors (Lipinski definition) is 2. The Bertz CT molecular complexity index is 702. The van der Waals surface area contributed by atoms with E-state index >= 15 is 0 Å². The van der Waals surface area contributed by atoms with Gasteiger partial charge in [0.1, 0.15) is 10.8 Å². The highest BCUT2D eigenvalue weighted by molar-refractivity contribution is 7.17. The number of thiophene rings is 1. The Labute approximate surface area is 118 Å². The van der Waals surface area contributed by atoms with Crippen LogP contribution in [0.3, 0.4) is 0 Å². The average Bonchev–Trinajstić information content (AvgIpc) is 3.03. The summed E-state index contributed by atoms with van der Waals surface area (Å²) in [6.45, 7) is 1.71. The van der Waals surface area contributed by atoms with E-state index in [1.54, 1.807) is 13.0 Å². The van der Waals surface area contributed by atoms with Gasteiger partial charge in [0.05, 0.1) is 5.56 Å². The zero-order valence-electron chi connectivity index (χ0n) is 10.9. The van der Waals surface area contributed by atoms with Crippen LogP contribution >= 0.6 is 11.3 Å². The van der Waals surface area contributed by atoms with Crippen molar-refractivity contribution in [1.29, 1.82) is 0 Å². The number of anilines is 1. The molecule has 0 spiro atoms. The van der Waals surface area contributed by atoms with Crippen LogP contribution in [0.25, 0.3) is 0 Å². The molecule has 3 N–H and O–H groups in total. The Morgan fingerprint density at radius 1 is 1.45 bits per heavy atom. The number of nitrogens with two attached hydrogens (primary N) is 1. The van der Waals surface area contributed by atoms with Crippen LogP contribution < -0.4 is 11.1 Å². The van der Waals surface area contributed by atoms with E-state index in [1.165, 1.54) is 11.3 Å². The lowest BCUT2D eigenvalue weighted by Crippen LogP contribution is -2.18. The van der Waals surface area contributed by atoms with Gasteiger partial charge in [0.2, 0.25) is 0 Å². The molecule has 0 fully saturated rings. The third-order valence-electron chi connectivity index (χ3n) is 3.26. The van der Waals surface area contributed by atoms with Crippen LogP contribution in [0.2, 0.25) is 0 Å². The van der Waals surface area contributed by atoms with Gasteiger partial charge in [-0.1, -0.05) is 5.16 Å². The van der Waals surface area contributed by atoms with Gasteiger partial charge in [-0.15, -0.1) is 11.3 Å². The fourth-order valence-electron chi connectivity index (χ4n) is 2.39. The van der Waals surface area contributed by atoms with Crippen LogP contribution in [-0.2, 0) is 12.8 Å². The maximum atomic E-state index is 12.1. The summed E-state index contributed by atoms with van der Waals surface area (Å²) < 4.78 is 4.86. The first-order chi connectivity index (χ1) is 9.56. The fraction of sp³-hybridized carbons (Fsp3) is 0.308. The molecule has 3 rings (SSSR count). The second-order valence-electron chi connectivity index (χ2n) is 4.70. The van der Waals surface area contributed by atoms with Gasteiger partial charge in [0, 0.05) is 10.9 Å². The Hall–Kier alpha value is -2.15. The number of aryl methyl sites for hydroxylation is 2. The van der Waals surface area contributed by atoms with Gasteiger partial charge in [0.15, 0.2) is 5.69 Å². The first kappa shape index (κ1) is 12.9. The number of carbonyl (C=O) groups excluding carboxylic acids is 2. The molecular formula is C13H13N3O3S. The summed E-state index contributed by atoms with van der Waals surface area (Å²) in [6.07, 6.45) is 2.79. The van der Waals surface area contributed by atoms with Gasteiger partial charge in [-0.3, -0.25) is 9.59 Å². The summed E-state index contributed by atoms with van der Waals surface area (Å²) >= 11 is 1.42. The van der Waals surface area contributed by atoms with Crippen molar-refractivity contribution in [1.82, 2.24) is 5.16 Å². The van der Waals surface area contributed by atoms with Crippen molar-refractivity contribution in [3.05, 3.63) is 33.5 Å². The van der Waals surface area contributed by atoms with Crippen LogP contribution in [-0.4, -0.2) is 17.0 Å². The molecule has 104 valence electrons. The highest BCUT2D eigenvalue weighted by Gasteiger charge is 2.26. The zero-order valence-corrected chi connectivity index (χ0v) is 11.7. The molecular weight excluding hydrogens is 278 g/mol. The van der Waals surface area contributed by atoms with E-state index in [0.29, 0.717) is 16.3 Å². The van der Waals surface area contributed by atoms with Crippen molar-refractivity contribution >= 4 is 28.2 Å². The van der Waals surface area contributed by atoms with Gasteiger partial charge < -0.3 is 15.6 Å². The smallest absolute Gasteiger partial charge is 0.278 e. The molecule has 0 aliphatic heterocycles. The van der Waals surface area contributed by atoms with Crippen molar-refractivity contribution in [2.45, 2.75) is 26.2 Å². The molecule has 2 amide bonds. The van der Waals surface area contributed by atoms with E-state index in [-0.39, 0.29) is 5.69 Å². The van der Waals surface area contributed by atoms with E-state index < -0.39 is 11.8 Å². The number of nitrogens with one attached hydrogen (secondary N) is 1. The minimum absolute atomic E-state index is 0.187. The quantitative estimate of drug-likeness (QED) is 0.902. The Balaban J connectivity index is 1.91. The standard InChI is InChI=1S/C13H13N3O3S/c1-6-5-8(16-19-6)12(18)15-13-10(11(14)17)7-3-2-4-9(7)20-13/h5H,2-4H2,1H3,(H2,14,17)(H,15,18). The minimum atomic E-state index is -0.504. The van der Waals surface area contributed by atoms with Gasteiger partial charge in [-0.2, -0.15) is 0 Å². The number of aromatic nitrogens is 1. The third-order valence-corrected chi connectivity index (χ3v) is 4.46. The number of primary amides is 1. The first-order valence-electron chi connectivity index (χ1n) is 6.25. The van der Waals surface area contributed by atoms with Crippen LogP contribution in [0.4, 0.5) is 5.00 Å². The van der Waals surface area contributed by atoms with Crippen LogP contribution in [0.5, 0.6) is 0 Å². The molecule has 0 saturated heterocycles. The largest absolute Gasteiger partial charge is 0.365 e. The predicted molar refractivity (Wildman–Crippen MR) is 74.1 cm³/mol. The Morgan fingerprint density at radius 3 is 2.90 bits per heavy atom. The number of nitrogens with zero attached hydrogens (tertiary/aromatic N) is 1. The molecule has 0 atom stereocenters. The molecule has 20 heavy (non-hydrogen) atoms. The average molecular weight is 291 g/mol. The highest BCUT2D eigenvalue weighted by atomic mass is 32.1. The lowest BCUT2D eigenvalue weighted by molar-refractivity contribution is 0.100. The predicted octanol–water partition coefficient (Wildman–Crippen LogP) is 1.88. The molecule has 0 radical (unpaired) electrons. The summed E-state index contributed by atoms with van der Waals surface area (Å²) in [7, 11) is 0. The summed E-state index contributed by atoms with van der Waals surface area (Å²) in [4.78, 5) is 24.8. The van der Waals surface area contributed by atoms with Gasteiger partial charge in [-0.05, 0) is 31.7 Å². The van der Waals surface area contributed by atoms with E-state index in [4.69, 9.17) is 10.3 Å². The maximum Gasteiger partial charge on any atom is 0.278 e. The summed E-state index contributed by atoms with van der Waals surface area (Å²) in [5.41, 5.74) is 7.04. The van der Waals surface area contributed by atoms with Crippen LogP contribution in [0, 0.1) is 6.92 Å². The molecule has 0 saturated carbocycles. The topological polar surface area (TPSA) is 98.2 Å². The number of fused-ring (bicyclic) bond motifs is 1. The highest BCUT2D eigenvalue weighted by Crippen LogP contribution is 2.38. The van der Waals surface area contributed by atoms with Crippen LogP contribution in [0.15, 0.2) is 10.6 Å². The third kappa shape index (κ3) is 2.09. The zero-order chi connectivity index (χ0) is 14.3. The molecule has 0 unspecified atom stereocenters. The van der Waals surface area contributed by atoms with Gasteiger partial charge >= 0.3 is 0 Å². The second-order valence-corrected chi connectivity index (χ2v) is 5.81. The number of amides is 2. The van der Waals surface area contributed by atoms with Crippen LogP contribution in [0.1, 0.15) is 43.5 Å². The SMILES string of the molecule is Cc1cc(C(=O)Nc2sc3c(c2C(N)=O)CCC3)no1. The summed E-state index contributed by atoms with van der Waals surface area (Å²) in [5, 5.41) is 6.87. The lowest BCUT2D eigenvalue weighted by Gasteiger charge is -2.03. The molecule has 2 aromatic rings. The maximum absolute atomic E-state index is 12.1. The molecule has 1 aliphatic rings. The molecule has 6 nitrogen and oxygen atoms in total. The molecule has 0 bridgehead atoms. The van der Waals surface area contributed by atoms with Crippen molar-refractivity contribution < 1.29 is 14.1 Å². The lowest BCUT2D eigenvalue weighted by atomic mass is 10.1. The van der Waals surface area contributed by atoms with Crippen molar-refractivity contribution in [3.63, 3.8) is 0 Å². The molecule has 0 aromatic carbocycles. The first-order valence-corrected chi connectivity index (χ1v) is 7.07. The monoisotopic (exact) mass is 291 g/mol. The van der Waals surface area contributed by atoms with Gasteiger partial charge in [0.25, 0.3) is 11.8 Å². The van der Waals surface area contributed by atoms with Crippen molar-refractivity contribution in [2.24, 2.45) is 5.73 Å². The van der Waals surface area contributed by atoms with Crippen molar-refractivity contribution in [2.75, 3.05) is 5.32 Å². The van der Waals surface area contributed by atoms with Gasteiger partial charge in [-0.25, -0.2) is 0 Å². The minimum Gasteiger partial charge on any atom is -0.365 e. The molecule has 7 heteroatoms. The van der Waals surface area contributed by atoms with Crippen molar-refractivity contribution in [3.8, 4) is 0 Å². The van der Waals surface area contributed by atoms with E-state index in [1.807, 2.05) is 0 Å². The molecule has 2 aromatic heterocycles. The van der Waals surface area contributed by atoms with E-state index in [0.717, 1.165) is 29.7 Å². The Kier molecular flexibility index (Phi) is 3.06. The number of rotatable bonds is 3. The Morgan fingerprint density at radius 2 is 2.25 bits per heavy atom. The summed E-state index contributed by atoms with van der Waals surface area (Å²) in [6, 6.07) is 1.54. The second kappa shape index (κ2) is 4.75. The number of carbonyl (C=O) groups is 2. The molecule has 2 heterocycles. The summed E-state index contributed by atoms with van der Waals surface area (Å²) in [5.74, 6) is -0.348. The van der Waals surface area contributed by atoms with E-state index in [2.05, 4.69) is 10.5 Å².